The molecule has 0 spiro atoms. The summed E-state index contributed by atoms with van der Waals surface area (Å²) in [4.78, 5) is 15.0. The molecule has 5 rings (SSSR count). The Bertz CT molecular complexity index is 894. The van der Waals surface area contributed by atoms with Gasteiger partial charge in [0.05, 0.1) is 24.9 Å². The molecule has 2 aromatic carbocycles. The third kappa shape index (κ3) is 10.3. The molecule has 208 valence electrons. The topological polar surface area (TPSA) is 36.9 Å². The summed E-state index contributed by atoms with van der Waals surface area (Å²) in [6.45, 7) is 7.44. The van der Waals surface area contributed by atoms with Gasteiger partial charge in [0.15, 0.2) is 0 Å². The van der Waals surface area contributed by atoms with Crippen LogP contribution in [0, 0.1) is 31.5 Å². The maximum Gasteiger partial charge on any atom is 0.232 e. The van der Waals surface area contributed by atoms with Gasteiger partial charge in [0, 0.05) is 18.7 Å². The van der Waals surface area contributed by atoms with E-state index in [-0.39, 0.29) is 23.6 Å². The fourth-order valence-corrected chi connectivity index (χ4v) is 5.89. The molecule has 2 atom stereocenters. The molecule has 2 aliphatic heterocycles. The molecule has 1 aliphatic carbocycles. The van der Waals surface area contributed by atoms with E-state index < -0.39 is 0 Å². The van der Waals surface area contributed by atoms with Crippen molar-refractivity contribution in [1.29, 1.82) is 0 Å². The van der Waals surface area contributed by atoms with Crippen molar-refractivity contribution in [3.8, 4) is 12.8 Å². The number of piperidine rings is 1. The maximum atomic E-state index is 14.8. The summed E-state index contributed by atoms with van der Waals surface area (Å²) in [5, 5.41) is 2.19. The lowest BCUT2D eigenvalue weighted by atomic mass is 9.83. The molecule has 1 unspecified atom stereocenters. The van der Waals surface area contributed by atoms with Gasteiger partial charge < -0.3 is 10.2 Å². The summed E-state index contributed by atoms with van der Waals surface area (Å²) in [5.41, 5.74) is 2.89. The molecule has 2 heterocycles. The summed E-state index contributed by atoms with van der Waals surface area (Å²) in [6.07, 6.45) is 22.3. The molecule has 38 heavy (non-hydrogen) atoms. The molecular weight excluding hydrogens is 471 g/mol. The summed E-state index contributed by atoms with van der Waals surface area (Å²) in [6, 6.07) is 15.7. The Labute approximate surface area is 231 Å². The fourth-order valence-electron chi connectivity index (χ4n) is 5.89. The second-order valence-electron chi connectivity index (χ2n) is 10.7. The molecule has 3 nitrogen and oxygen atoms in total. The zero-order valence-electron chi connectivity index (χ0n) is 23.8. The van der Waals surface area contributed by atoms with Crippen LogP contribution in [0.25, 0.3) is 0 Å². The highest BCUT2D eigenvalue weighted by molar-refractivity contribution is 5.80. The number of nitrogens with zero attached hydrogens (tertiary/aromatic N) is 1. The first-order valence-electron chi connectivity index (χ1n) is 14.8. The zero-order chi connectivity index (χ0) is 27.6. The molecule has 2 aromatic rings. The van der Waals surface area contributed by atoms with Crippen molar-refractivity contribution >= 4 is 5.91 Å². The molecule has 0 bridgehead atoms. The number of likely N-dealkylation sites (tertiary alicyclic amines) is 1. The van der Waals surface area contributed by atoms with Crippen molar-refractivity contribution in [2.45, 2.75) is 90.4 Å². The lowest BCUT2D eigenvalue weighted by Gasteiger charge is -2.30. The van der Waals surface area contributed by atoms with E-state index in [1.165, 1.54) is 44.9 Å². The predicted molar refractivity (Wildman–Crippen MR) is 157 cm³/mol. The quantitative estimate of drug-likeness (QED) is 0.449. The fraction of sp³-hybridized carbons (Fsp3) is 0.559. The van der Waals surface area contributed by atoms with Gasteiger partial charge >= 0.3 is 0 Å². The number of amides is 1. The number of carbonyl (C=O) groups is 1. The van der Waals surface area contributed by atoms with Crippen LogP contribution in [0.4, 0.5) is 4.39 Å². The first-order valence-corrected chi connectivity index (χ1v) is 14.8. The maximum absolute atomic E-state index is 14.8. The summed E-state index contributed by atoms with van der Waals surface area (Å²) >= 11 is 0. The van der Waals surface area contributed by atoms with Crippen molar-refractivity contribution in [1.82, 2.24) is 4.90 Å². The van der Waals surface area contributed by atoms with E-state index in [1.54, 1.807) is 6.07 Å². The van der Waals surface area contributed by atoms with Gasteiger partial charge in [-0.25, -0.2) is 4.39 Å². The summed E-state index contributed by atoms with van der Waals surface area (Å²) < 4.78 is 14.8. The van der Waals surface area contributed by atoms with Crippen molar-refractivity contribution in [3.63, 3.8) is 0 Å². The van der Waals surface area contributed by atoms with E-state index in [1.807, 2.05) is 48.2 Å². The van der Waals surface area contributed by atoms with Gasteiger partial charge in [-0.05, 0) is 49.8 Å². The Morgan fingerprint density at radius 3 is 1.87 bits per heavy atom. The van der Waals surface area contributed by atoms with Gasteiger partial charge in [0.2, 0.25) is 5.91 Å². The molecule has 4 heteroatoms. The van der Waals surface area contributed by atoms with Gasteiger partial charge in [-0.3, -0.25) is 4.79 Å². The van der Waals surface area contributed by atoms with Crippen LogP contribution in [0.1, 0.15) is 93.7 Å². The number of hydrogen-bond acceptors (Lipinski definition) is 1. The average Bonchev–Trinajstić information content (AvgIpc) is 3.46. The van der Waals surface area contributed by atoms with Gasteiger partial charge in [0.25, 0.3) is 0 Å². The van der Waals surface area contributed by atoms with Crippen molar-refractivity contribution in [2.24, 2.45) is 5.92 Å². The highest BCUT2D eigenvalue weighted by Gasteiger charge is 2.41. The van der Waals surface area contributed by atoms with Crippen molar-refractivity contribution in [2.75, 3.05) is 26.2 Å². The van der Waals surface area contributed by atoms with Crippen LogP contribution in [0.5, 0.6) is 0 Å². The molecule has 3 aliphatic rings. The van der Waals surface area contributed by atoms with Crippen molar-refractivity contribution < 1.29 is 14.5 Å². The molecule has 3 fully saturated rings. The van der Waals surface area contributed by atoms with Gasteiger partial charge in [-0.1, -0.05) is 94.3 Å². The number of benzene rings is 2. The Morgan fingerprint density at radius 2 is 1.37 bits per heavy atom. The monoisotopic (exact) mass is 521 g/mol. The lowest BCUT2D eigenvalue weighted by molar-refractivity contribution is -0.638. The number of hydrogen-bond donors (Lipinski definition) is 1. The molecule has 0 aromatic heterocycles. The number of rotatable bonds is 4. The number of carbonyl (C=O) groups excluding carboxylic acids is 1. The van der Waals surface area contributed by atoms with Gasteiger partial charge in [-0.2, -0.15) is 0 Å². The molecule has 1 saturated carbocycles. The van der Waals surface area contributed by atoms with Crippen molar-refractivity contribution in [3.05, 3.63) is 71.0 Å². The van der Waals surface area contributed by atoms with Crippen LogP contribution in [0.15, 0.2) is 48.5 Å². The van der Waals surface area contributed by atoms with E-state index in [2.05, 4.69) is 31.2 Å². The Balaban J connectivity index is 0.000000294. The van der Waals surface area contributed by atoms with Crippen LogP contribution in [0.2, 0.25) is 0 Å². The van der Waals surface area contributed by atoms with Gasteiger partial charge in [0.1, 0.15) is 5.82 Å². The number of terminal acetylenes is 1. The largest absolute Gasteiger partial charge is 0.345 e. The lowest BCUT2D eigenvalue weighted by Crippen LogP contribution is -2.81. The second kappa shape index (κ2) is 18.6. The standard InChI is InChI=1S/C20H29FN2O.C6H12.C6H6.C2H2/c1-3-7-15-10-14(2)11-18(21)19(15)16-12-22-13-17(16)20(24)23-8-5-4-6-9-23;2*1-2-4-6-5-3-1;1-2/h10-11,16-17,22H,3-9,12-13H2,1-2H3;1-6H2;1-6H;1-2H/p+1/t16-,17?;;;/m1.../s1. The van der Waals surface area contributed by atoms with Gasteiger partial charge in [-0.15, -0.1) is 12.8 Å². The smallest absolute Gasteiger partial charge is 0.232 e. The van der Waals surface area contributed by atoms with Crippen LogP contribution < -0.4 is 5.32 Å². The summed E-state index contributed by atoms with van der Waals surface area (Å²) in [7, 11) is 0. The van der Waals surface area contributed by atoms with E-state index in [9.17, 15) is 9.18 Å². The normalized spacial score (nSPS) is 20.5. The molecule has 1 amide bonds. The first-order chi connectivity index (χ1) is 18.6. The zero-order valence-corrected chi connectivity index (χ0v) is 23.8. The highest BCUT2D eigenvalue weighted by Crippen LogP contribution is 2.33. The number of quaternary nitrogens is 1. The molecule has 0 radical (unpaired) electrons. The van der Waals surface area contributed by atoms with E-state index in [0.29, 0.717) is 0 Å². The minimum Gasteiger partial charge on any atom is -0.345 e. The predicted octanol–water partition coefficient (Wildman–Crippen LogP) is 6.65. The summed E-state index contributed by atoms with van der Waals surface area (Å²) in [5.74, 6) is 0.0727. The number of nitrogens with two attached hydrogens (primary N) is 1. The van der Waals surface area contributed by atoms with E-state index in [0.717, 1.165) is 68.6 Å². The average molecular weight is 522 g/mol. The Morgan fingerprint density at radius 1 is 0.868 bits per heavy atom. The highest BCUT2D eigenvalue weighted by atomic mass is 19.1. The number of aryl methyl sites for hydroxylation is 2. The van der Waals surface area contributed by atoms with E-state index in [4.69, 9.17) is 0 Å². The molecule has 2 N–H and O–H groups in total. The third-order valence-corrected chi connectivity index (χ3v) is 7.73. The van der Waals surface area contributed by atoms with Crippen LogP contribution in [0.3, 0.4) is 0 Å². The Kier molecular flexibility index (Phi) is 15.4. The van der Waals surface area contributed by atoms with Crippen LogP contribution in [-0.4, -0.2) is 37.0 Å². The third-order valence-electron chi connectivity index (χ3n) is 7.73. The van der Waals surface area contributed by atoms with Crippen LogP contribution >= 0.6 is 0 Å². The molecular formula is C34H50FN2O+. The van der Waals surface area contributed by atoms with Crippen LogP contribution in [-0.2, 0) is 11.2 Å². The van der Waals surface area contributed by atoms with E-state index >= 15 is 0 Å². The minimum absolute atomic E-state index is 0.0153. The molecule has 2 saturated heterocycles. The number of halogens is 1. The minimum atomic E-state index is -0.116. The SMILES string of the molecule is C#C.C1CCCCC1.CCCc1cc(C)cc(F)c1[C@@H]1C[NH2+]CC1C(=O)N1CCCCC1.c1ccccc1. The first kappa shape index (κ1) is 31.6. The Hall–Kier alpha value is -2.64. The second-order valence-corrected chi connectivity index (χ2v) is 10.7.